The molecule has 2 aromatic heterocycles. The van der Waals surface area contributed by atoms with Crippen LogP contribution >= 0.6 is 11.3 Å². The Bertz CT molecular complexity index is 601. The summed E-state index contributed by atoms with van der Waals surface area (Å²) in [5.41, 5.74) is 1.31. The van der Waals surface area contributed by atoms with Crippen LogP contribution in [0.15, 0.2) is 18.5 Å². The minimum Gasteiger partial charge on any atom is -0.505 e. The fraction of sp³-hybridized carbons (Fsp3) is 0.308. The Hall–Kier alpha value is -1.95. The van der Waals surface area contributed by atoms with Gasteiger partial charge in [-0.25, -0.2) is 4.98 Å². The van der Waals surface area contributed by atoms with Crippen molar-refractivity contribution in [1.29, 1.82) is 0 Å². The van der Waals surface area contributed by atoms with Crippen LogP contribution < -0.4 is 5.32 Å². The van der Waals surface area contributed by atoms with Gasteiger partial charge in [0.1, 0.15) is 5.75 Å². The summed E-state index contributed by atoms with van der Waals surface area (Å²) in [6, 6.07) is 1.48. The Morgan fingerprint density at radius 1 is 1.37 bits per heavy atom. The van der Waals surface area contributed by atoms with Crippen molar-refractivity contribution in [2.75, 3.05) is 5.32 Å². The fourth-order valence-electron chi connectivity index (χ4n) is 2.15. The molecule has 2 heterocycles. The zero-order chi connectivity index (χ0) is 13.2. The highest BCUT2D eigenvalue weighted by Gasteiger charge is 2.17. The lowest BCUT2D eigenvalue weighted by molar-refractivity contribution is 0.102. The SMILES string of the molecule is O=C(Nc1nc2c(s1)CCCC2)c1ccncc1O. The van der Waals surface area contributed by atoms with E-state index >= 15 is 0 Å². The molecule has 0 saturated carbocycles. The Kier molecular flexibility index (Phi) is 3.16. The van der Waals surface area contributed by atoms with E-state index in [0.717, 1.165) is 25.0 Å². The molecule has 0 bridgehead atoms. The fourth-order valence-corrected chi connectivity index (χ4v) is 3.19. The molecule has 5 nitrogen and oxygen atoms in total. The molecule has 2 aromatic rings. The number of hydrogen-bond donors (Lipinski definition) is 2. The monoisotopic (exact) mass is 275 g/mol. The highest BCUT2D eigenvalue weighted by atomic mass is 32.1. The zero-order valence-electron chi connectivity index (χ0n) is 10.2. The molecule has 98 valence electrons. The summed E-state index contributed by atoms with van der Waals surface area (Å²) in [5, 5.41) is 12.9. The Morgan fingerprint density at radius 3 is 3.00 bits per heavy atom. The molecule has 1 amide bonds. The van der Waals surface area contributed by atoms with Gasteiger partial charge in [-0.15, -0.1) is 11.3 Å². The van der Waals surface area contributed by atoms with Gasteiger partial charge < -0.3 is 5.11 Å². The van der Waals surface area contributed by atoms with Gasteiger partial charge in [-0.3, -0.25) is 15.1 Å². The molecule has 0 atom stereocenters. The lowest BCUT2D eigenvalue weighted by Gasteiger charge is -2.06. The van der Waals surface area contributed by atoms with Gasteiger partial charge in [0.05, 0.1) is 17.5 Å². The van der Waals surface area contributed by atoms with Crippen LogP contribution in [0.5, 0.6) is 5.75 Å². The van der Waals surface area contributed by atoms with E-state index in [4.69, 9.17) is 0 Å². The van der Waals surface area contributed by atoms with Crippen molar-refractivity contribution in [3.05, 3.63) is 34.6 Å². The van der Waals surface area contributed by atoms with E-state index in [0.29, 0.717) is 5.13 Å². The number of aromatic nitrogens is 2. The van der Waals surface area contributed by atoms with Crippen molar-refractivity contribution in [3.8, 4) is 5.75 Å². The second-order valence-electron chi connectivity index (χ2n) is 4.44. The number of amides is 1. The second kappa shape index (κ2) is 4.97. The largest absolute Gasteiger partial charge is 0.505 e. The van der Waals surface area contributed by atoms with E-state index in [1.165, 1.54) is 41.1 Å². The van der Waals surface area contributed by atoms with Crippen molar-refractivity contribution in [3.63, 3.8) is 0 Å². The first-order valence-electron chi connectivity index (χ1n) is 6.17. The molecule has 0 radical (unpaired) electrons. The van der Waals surface area contributed by atoms with Gasteiger partial charge >= 0.3 is 0 Å². The lowest BCUT2D eigenvalue weighted by atomic mass is 10.0. The molecule has 3 rings (SSSR count). The van der Waals surface area contributed by atoms with Crippen molar-refractivity contribution in [1.82, 2.24) is 9.97 Å². The summed E-state index contributed by atoms with van der Waals surface area (Å²) in [4.78, 5) is 21.5. The number of thiazole rings is 1. The van der Waals surface area contributed by atoms with E-state index in [2.05, 4.69) is 15.3 Å². The summed E-state index contributed by atoms with van der Waals surface area (Å²) < 4.78 is 0. The molecule has 1 aliphatic carbocycles. The zero-order valence-corrected chi connectivity index (χ0v) is 11.0. The Balaban J connectivity index is 1.80. The summed E-state index contributed by atoms with van der Waals surface area (Å²) >= 11 is 1.52. The standard InChI is InChI=1S/C13H13N3O2S/c17-10-7-14-6-5-8(10)12(18)16-13-15-9-3-1-2-4-11(9)19-13/h5-7,17H,1-4H2,(H,15,16,18). The third-order valence-electron chi connectivity index (χ3n) is 3.11. The third kappa shape index (κ3) is 2.44. The molecule has 2 N–H and O–H groups in total. The van der Waals surface area contributed by atoms with Crippen LogP contribution in [-0.4, -0.2) is 21.0 Å². The van der Waals surface area contributed by atoms with Crippen LogP contribution in [0.25, 0.3) is 0 Å². The van der Waals surface area contributed by atoms with Crippen LogP contribution in [0.1, 0.15) is 33.8 Å². The minimum absolute atomic E-state index is 0.124. The topological polar surface area (TPSA) is 75.1 Å². The number of anilines is 1. The van der Waals surface area contributed by atoms with Crippen molar-refractivity contribution >= 4 is 22.4 Å². The molecule has 19 heavy (non-hydrogen) atoms. The molecule has 0 saturated heterocycles. The van der Waals surface area contributed by atoms with E-state index in [1.807, 2.05) is 0 Å². The number of fused-ring (bicyclic) bond motifs is 1. The number of carbonyl (C=O) groups excluding carboxylic acids is 1. The van der Waals surface area contributed by atoms with Gasteiger partial charge in [0.15, 0.2) is 5.13 Å². The van der Waals surface area contributed by atoms with E-state index in [-0.39, 0.29) is 17.2 Å². The number of aryl methyl sites for hydroxylation is 2. The number of nitrogens with one attached hydrogen (secondary N) is 1. The summed E-state index contributed by atoms with van der Waals surface area (Å²) in [7, 11) is 0. The smallest absolute Gasteiger partial charge is 0.261 e. The van der Waals surface area contributed by atoms with Crippen LogP contribution in [-0.2, 0) is 12.8 Å². The van der Waals surface area contributed by atoms with Crippen molar-refractivity contribution in [2.45, 2.75) is 25.7 Å². The van der Waals surface area contributed by atoms with Gasteiger partial charge in [0, 0.05) is 11.1 Å². The molecule has 1 aliphatic rings. The molecular weight excluding hydrogens is 262 g/mol. The maximum atomic E-state index is 12.0. The predicted octanol–water partition coefficient (Wildman–Crippen LogP) is 2.37. The summed E-state index contributed by atoms with van der Waals surface area (Å²) in [5.74, 6) is -0.479. The molecule has 0 spiro atoms. The first-order valence-corrected chi connectivity index (χ1v) is 6.98. The van der Waals surface area contributed by atoms with Crippen LogP contribution in [0.2, 0.25) is 0 Å². The summed E-state index contributed by atoms with van der Waals surface area (Å²) in [6.45, 7) is 0. The van der Waals surface area contributed by atoms with Crippen molar-refractivity contribution < 1.29 is 9.90 Å². The number of hydrogen-bond acceptors (Lipinski definition) is 5. The van der Waals surface area contributed by atoms with E-state index < -0.39 is 0 Å². The Morgan fingerprint density at radius 2 is 2.21 bits per heavy atom. The number of rotatable bonds is 2. The first-order chi connectivity index (χ1) is 9.24. The summed E-state index contributed by atoms with van der Waals surface area (Å²) in [6.07, 6.45) is 7.11. The average Bonchev–Trinajstić information content (AvgIpc) is 2.81. The number of aromatic hydroxyl groups is 1. The third-order valence-corrected chi connectivity index (χ3v) is 4.18. The molecule has 0 unspecified atom stereocenters. The molecular formula is C13H13N3O2S. The number of carbonyl (C=O) groups is 1. The van der Waals surface area contributed by atoms with E-state index in [9.17, 15) is 9.90 Å². The van der Waals surface area contributed by atoms with Gasteiger partial charge in [0.25, 0.3) is 5.91 Å². The van der Waals surface area contributed by atoms with Crippen LogP contribution in [0.4, 0.5) is 5.13 Å². The maximum absolute atomic E-state index is 12.0. The van der Waals surface area contributed by atoms with Gasteiger partial charge in [0.2, 0.25) is 0 Å². The lowest BCUT2D eigenvalue weighted by Crippen LogP contribution is -2.12. The molecule has 0 aromatic carbocycles. The quantitative estimate of drug-likeness (QED) is 0.882. The highest BCUT2D eigenvalue weighted by molar-refractivity contribution is 7.15. The number of nitrogens with zero attached hydrogens (tertiary/aromatic N) is 2. The maximum Gasteiger partial charge on any atom is 0.261 e. The minimum atomic E-state index is -0.356. The number of pyridine rings is 1. The van der Waals surface area contributed by atoms with Gasteiger partial charge in [-0.2, -0.15) is 0 Å². The molecule has 0 aliphatic heterocycles. The Labute approximate surface area is 114 Å². The predicted molar refractivity (Wildman–Crippen MR) is 72.6 cm³/mol. The molecule has 6 heteroatoms. The second-order valence-corrected chi connectivity index (χ2v) is 5.53. The normalized spacial score (nSPS) is 13.9. The van der Waals surface area contributed by atoms with Crippen LogP contribution in [0, 0.1) is 0 Å². The average molecular weight is 275 g/mol. The van der Waals surface area contributed by atoms with Crippen LogP contribution in [0.3, 0.4) is 0 Å². The van der Waals surface area contributed by atoms with Gasteiger partial charge in [-0.1, -0.05) is 0 Å². The highest BCUT2D eigenvalue weighted by Crippen LogP contribution is 2.30. The van der Waals surface area contributed by atoms with Crippen molar-refractivity contribution in [2.24, 2.45) is 0 Å². The van der Waals surface area contributed by atoms with Gasteiger partial charge in [-0.05, 0) is 31.7 Å². The van der Waals surface area contributed by atoms with E-state index in [1.54, 1.807) is 0 Å². The first kappa shape index (κ1) is 12.1. The molecule has 0 fully saturated rings.